The van der Waals surface area contributed by atoms with Crippen LogP contribution in [0.4, 0.5) is 0 Å². The first-order chi connectivity index (χ1) is 12.3. The van der Waals surface area contributed by atoms with E-state index in [4.69, 9.17) is 9.47 Å². The second kappa shape index (κ2) is 11.5. The van der Waals surface area contributed by atoms with Crippen LogP contribution in [-0.4, -0.2) is 20.3 Å². The van der Waals surface area contributed by atoms with E-state index in [0.29, 0.717) is 0 Å². The fraction of sp³-hybridized carbons (Fsp3) is 0.455. The largest absolute Gasteiger partial charge is 0.493 e. The van der Waals surface area contributed by atoms with Gasteiger partial charge in [-0.15, -0.1) is 0 Å². The van der Waals surface area contributed by atoms with Gasteiger partial charge in [0, 0.05) is 12.1 Å². The number of hydrogen-bond donors (Lipinski definition) is 1. The van der Waals surface area contributed by atoms with Crippen molar-refractivity contribution in [3.8, 4) is 11.5 Å². The van der Waals surface area contributed by atoms with Crippen molar-refractivity contribution in [2.24, 2.45) is 0 Å². The highest BCUT2D eigenvalue weighted by atomic mass is 16.5. The van der Waals surface area contributed by atoms with Crippen molar-refractivity contribution in [3.63, 3.8) is 0 Å². The summed E-state index contributed by atoms with van der Waals surface area (Å²) < 4.78 is 11.5. The molecule has 0 atom stereocenters. The van der Waals surface area contributed by atoms with E-state index in [2.05, 4.69) is 48.6 Å². The quantitative estimate of drug-likeness (QED) is 0.552. The molecule has 0 radical (unpaired) electrons. The van der Waals surface area contributed by atoms with Gasteiger partial charge in [0.1, 0.15) is 0 Å². The zero-order chi connectivity index (χ0) is 17.7. The second-order valence-corrected chi connectivity index (χ2v) is 6.27. The van der Waals surface area contributed by atoms with Gasteiger partial charge in [0.2, 0.25) is 0 Å². The Kier molecular flexibility index (Phi) is 8.92. The Bertz CT molecular complexity index is 598. The third kappa shape index (κ3) is 6.79. The van der Waals surface area contributed by atoms with E-state index in [1.165, 1.54) is 24.8 Å². The third-order valence-electron chi connectivity index (χ3n) is 4.27. The minimum Gasteiger partial charge on any atom is -0.493 e. The first-order valence-corrected chi connectivity index (χ1v) is 9.38. The molecular formula is C22H31NO2. The lowest BCUT2D eigenvalue weighted by Crippen LogP contribution is -2.17. The van der Waals surface area contributed by atoms with Crippen molar-refractivity contribution in [3.05, 3.63) is 59.7 Å². The highest BCUT2D eigenvalue weighted by molar-refractivity contribution is 5.46. The first kappa shape index (κ1) is 19.3. The SMILES string of the molecule is CCCCCCOc1c(CNCCc2ccccc2)cccc1OC. The van der Waals surface area contributed by atoms with Crippen molar-refractivity contribution in [1.29, 1.82) is 0 Å². The lowest BCUT2D eigenvalue weighted by molar-refractivity contribution is 0.281. The molecule has 0 saturated heterocycles. The van der Waals surface area contributed by atoms with Gasteiger partial charge >= 0.3 is 0 Å². The number of hydrogen-bond acceptors (Lipinski definition) is 3. The van der Waals surface area contributed by atoms with E-state index in [-0.39, 0.29) is 0 Å². The predicted octanol–water partition coefficient (Wildman–Crippen LogP) is 4.99. The average Bonchev–Trinajstić information content (AvgIpc) is 2.66. The molecule has 0 fully saturated rings. The summed E-state index contributed by atoms with van der Waals surface area (Å²) in [5.41, 5.74) is 2.51. The fourth-order valence-electron chi connectivity index (χ4n) is 2.83. The van der Waals surface area contributed by atoms with E-state index in [0.717, 1.165) is 49.6 Å². The Hall–Kier alpha value is -2.00. The van der Waals surface area contributed by atoms with Crippen molar-refractivity contribution in [2.45, 2.75) is 45.6 Å². The van der Waals surface area contributed by atoms with Crippen molar-refractivity contribution < 1.29 is 9.47 Å². The lowest BCUT2D eigenvalue weighted by atomic mass is 10.1. The predicted molar refractivity (Wildman–Crippen MR) is 104 cm³/mol. The molecule has 3 heteroatoms. The zero-order valence-electron chi connectivity index (χ0n) is 15.6. The number of methoxy groups -OCH3 is 1. The van der Waals surface area contributed by atoms with Crippen LogP contribution in [0.2, 0.25) is 0 Å². The van der Waals surface area contributed by atoms with E-state index < -0.39 is 0 Å². The Morgan fingerprint density at radius 3 is 2.52 bits per heavy atom. The van der Waals surface area contributed by atoms with Crippen molar-refractivity contribution >= 4 is 0 Å². The van der Waals surface area contributed by atoms with Crippen LogP contribution >= 0.6 is 0 Å². The number of ether oxygens (including phenoxy) is 2. The molecule has 0 unspecified atom stereocenters. The van der Waals surface area contributed by atoms with Crippen molar-refractivity contribution in [1.82, 2.24) is 5.32 Å². The van der Waals surface area contributed by atoms with E-state index in [9.17, 15) is 0 Å². The minimum atomic E-state index is 0.747. The molecule has 25 heavy (non-hydrogen) atoms. The molecule has 136 valence electrons. The van der Waals surface area contributed by atoms with Crippen LogP contribution in [0.5, 0.6) is 11.5 Å². The number of nitrogens with one attached hydrogen (secondary N) is 1. The molecule has 2 aromatic rings. The molecule has 2 aromatic carbocycles. The Labute approximate surface area is 152 Å². The number of rotatable bonds is 12. The molecule has 0 spiro atoms. The molecule has 0 aliphatic carbocycles. The molecule has 1 N–H and O–H groups in total. The van der Waals surface area contributed by atoms with Gasteiger partial charge in [0.25, 0.3) is 0 Å². The second-order valence-electron chi connectivity index (χ2n) is 6.27. The first-order valence-electron chi connectivity index (χ1n) is 9.38. The summed E-state index contributed by atoms with van der Waals surface area (Å²) in [5.74, 6) is 1.70. The van der Waals surface area contributed by atoms with Gasteiger partial charge < -0.3 is 14.8 Å². The maximum Gasteiger partial charge on any atom is 0.165 e. The van der Waals surface area contributed by atoms with Crippen LogP contribution in [0.1, 0.15) is 43.7 Å². The fourth-order valence-corrected chi connectivity index (χ4v) is 2.83. The van der Waals surface area contributed by atoms with Gasteiger partial charge in [-0.1, -0.05) is 68.7 Å². The molecule has 2 rings (SSSR count). The Morgan fingerprint density at radius 1 is 0.920 bits per heavy atom. The van der Waals surface area contributed by atoms with Gasteiger partial charge in [-0.25, -0.2) is 0 Å². The van der Waals surface area contributed by atoms with Gasteiger partial charge in [0.05, 0.1) is 13.7 Å². The minimum absolute atomic E-state index is 0.747. The molecule has 0 aliphatic heterocycles. The standard InChI is InChI=1S/C22H31NO2/c1-3-4-5-9-17-25-22-20(13-10-14-21(22)24-2)18-23-16-15-19-11-7-6-8-12-19/h6-8,10-14,23H,3-5,9,15-18H2,1-2H3. The van der Waals surface area contributed by atoms with Gasteiger partial charge in [-0.2, -0.15) is 0 Å². The van der Waals surface area contributed by atoms with Crippen LogP contribution in [0.3, 0.4) is 0 Å². The van der Waals surface area contributed by atoms with E-state index in [1.807, 2.05) is 12.1 Å². The Morgan fingerprint density at radius 2 is 1.76 bits per heavy atom. The maximum absolute atomic E-state index is 6.06. The molecule has 0 heterocycles. The van der Waals surface area contributed by atoms with Crippen LogP contribution < -0.4 is 14.8 Å². The molecule has 0 aliphatic rings. The van der Waals surface area contributed by atoms with E-state index >= 15 is 0 Å². The summed E-state index contributed by atoms with van der Waals surface area (Å²) in [6, 6.07) is 16.7. The molecule has 0 amide bonds. The average molecular weight is 341 g/mol. The number of unbranched alkanes of at least 4 members (excludes halogenated alkanes) is 3. The summed E-state index contributed by atoms with van der Waals surface area (Å²) in [6.45, 7) is 4.70. The van der Waals surface area contributed by atoms with Gasteiger partial charge in [0.15, 0.2) is 11.5 Å². The normalized spacial score (nSPS) is 10.6. The Balaban J connectivity index is 1.85. The number of para-hydroxylation sites is 1. The van der Waals surface area contributed by atoms with Crippen molar-refractivity contribution in [2.75, 3.05) is 20.3 Å². The van der Waals surface area contributed by atoms with Crippen LogP contribution in [0.25, 0.3) is 0 Å². The van der Waals surface area contributed by atoms with E-state index in [1.54, 1.807) is 7.11 Å². The monoisotopic (exact) mass is 341 g/mol. The summed E-state index contributed by atoms with van der Waals surface area (Å²) >= 11 is 0. The third-order valence-corrected chi connectivity index (χ3v) is 4.27. The van der Waals surface area contributed by atoms with Crippen LogP contribution in [0, 0.1) is 0 Å². The summed E-state index contributed by atoms with van der Waals surface area (Å²) in [4.78, 5) is 0. The summed E-state index contributed by atoms with van der Waals surface area (Å²) in [7, 11) is 1.70. The zero-order valence-corrected chi connectivity index (χ0v) is 15.6. The smallest absolute Gasteiger partial charge is 0.165 e. The summed E-state index contributed by atoms with van der Waals surface area (Å²) in [6.07, 6.45) is 5.84. The molecular weight excluding hydrogens is 310 g/mol. The highest BCUT2D eigenvalue weighted by Crippen LogP contribution is 2.31. The molecule has 0 bridgehead atoms. The molecule has 0 aromatic heterocycles. The number of benzene rings is 2. The van der Waals surface area contributed by atoms with Crippen LogP contribution in [-0.2, 0) is 13.0 Å². The topological polar surface area (TPSA) is 30.5 Å². The molecule has 3 nitrogen and oxygen atoms in total. The lowest BCUT2D eigenvalue weighted by Gasteiger charge is -2.15. The van der Waals surface area contributed by atoms with Gasteiger partial charge in [-0.05, 0) is 31.0 Å². The van der Waals surface area contributed by atoms with Crippen LogP contribution in [0.15, 0.2) is 48.5 Å². The molecule has 0 saturated carbocycles. The highest BCUT2D eigenvalue weighted by Gasteiger charge is 2.10. The summed E-state index contributed by atoms with van der Waals surface area (Å²) in [5, 5.41) is 3.52. The van der Waals surface area contributed by atoms with Gasteiger partial charge in [-0.3, -0.25) is 0 Å². The maximum atomic E-state index is 6.06.